The Morgan fingerprint density at radius 3 is 2.27 bits per heavy atom. The van der Waals surface area contributed by atoms with Gasteiger partial charge in [0.15, 0.2) is 5.78 Å². The molecule has 0 aromatic heterocycles. The van der Waals surface area contributed by atoms with E-state index in [2.05, 4.69) is 48.5 Å². The maximum absolute atomic E-state index is 14.7. The van der Waals surface area contributed by atoms with Crippen molar-refractivity contribution in [1.82, 2.24) is 4.90 Å². The summed E-state index contributed by atoms with van der Waals surface area (Å²) in [6, 6.07) is 7.61. The Balaban J connectivity index is 1.12. The Bertz CT molecular complexity index is 1760. The zero-order valence-electron chi connectivity index (χ0n) is 34.6. The fourth-order valence-electron chi connectivity index (χ4n) is 13.7. The third-order valence-corrected chi connectivity index (χ3v) is 17.0. The van der Waals surface area contributed by atoms with Gasteiger partial charge < -0.3 is 19.5 Å². The molecule has 3 unspecified atom stereocenters. The summed E-state index contributed by atoms with van der Waals surface area (Å²) in [5.41, 5.74) is 2.24. The second kappa shape index (κ2) is 14.0. The quantitative estimate of drug-likeness (QED) is 0.262. The topological polar surface area (TPSA) is 110 Å². The first-order chi connectivity index (χ1) is 25.7. The maximum Gasteiger partial charge on any atom is 0.309 e. The lowest BCUT2D eigenvalue weighted by Gasteiger charge is -2.71. The molecule has 0 bridgehead atoms. The van der Waals surface area contributed by atoms with Crippen LogP contribution in [0.25, 0.3) is 0 Å². The molecule has 4 saturated carbocycles. The summed E-state index contributed by atoms with van der Waals surface area (Å²) in [6.45, 7) is 20.6. The largest absolute Gasteiger partial charge is 0.481 e. The summed E-state index contributed by atoms with van der Waals surface area (Å²) in [5, 5.41) is 10.3. The first-order valence-electron chi connectivity index (χ1n) is 21.0. The molecule has 0 radical (unpaired) electrons. The van der Waals surface area contributed by atoms with E-state index < -0.39 is 17.4 Å². The molecule has 5 aliphatic carbocycles. The van der Waals surface area contributed by atoms with Crippen molar-refractivity contribution >= 4 is 35.2 Å². The lowest BCUT2D eigenvalue weighted by atomic mass is 9.33. The number of esters is 1. The van der Waals surface area contributed by atoms with Gasteiger partial charge in [0.2, 0.25) is 5.91 Å². The van der Waals surface area contributed by atoms with Crippen molar-refractivity contribution in [3.8, 4) is 0 Å². The second-order valence-electron chi connectivity index (χ2n) is 20.6. The smallest absolute Gasteiger partial charge is 0.309 e. The molecule has 5 fully saturated rings. The van der Waals surface area contributed by atoms with Crippen molar-refractivity contribution in [2.24, 2.45) is 62.6 Å². The molecule has 1 amide bonds. The third-order valence-electron chi connectivity index (χ3n) is 16.7. The molecule has 7 rings (SSSR count). The van der Waals surface area contributed by atoms with Gasteiger partial charge in [-0.1, -0.05) is 77.8 Å². The number of amides is 1. The molecule has 8 nitrogen and oxygen atoms in total. The molecule has 1 aromatic carbocycles. The second-order valence-corrected chi connectivity index (χ2v) is 21.1. The highest BCUT2D eigenvalue weighted by Crippen LogP contribution is 2.76. The van der Waals surface area contributed by atoms with Gasteiger partial charge in [-0.3, -0.25) is 19.2 Å². The van der Waals surface area contributed by atoms with E-state index in [1.165, 1.54) is 5.57 Å². The van der Waals surface area contributed by atoms with E-state index in [4.69, 9.17) is 21.1 Å². The summed E-state index contributed by atoms with van der Waals surface area (Å²) in [7, 11) is 0. The fourth-order valence-corrected chi connectivity index (χ4v) is 13.8. The first kappa shape index (κ1) is 40.5. The molecule has 1 aliphatic heterocycles. The Kier molecular flexibility index (Phi) is 10.3. The van der Waals surface area contributed by atoms with Crippen LogP contribution in [0.15, 0.2) is 35.4 Å². The van der Waals surface area contributed by atoms with Crippen LogP contribution < -0.4 is 0 Å². The number of nitrogens with zero attached hydrogens (tertiary/aromatic N) is 1. The van der Waals surface area contributed by atoms with Gasteiger partial charge >= 0.3 is 11.9 Å². The summed E-state index contributed by atoms with van der Waals surface area (Å²) < 4.78 is 12.5. The molecule has 9 heteroatoms. The van der Waals surface area contributed by atoms with Gasteiger partial charge in [0, 0.05) is 23.5 Å². The number of ketones is 1. The van der Waals surface area contributed by atoms with Crippen molar-refractivity contribution in [2.45, 2.75) is 139 Å². The van der Waals surface area contributed by atoms with Crippen LogP contribution in [0, 0.1) is 62.6 Å². The molecule has 10 atom stereocenters. The number of hydrogen-bond acceptors (Lipinski definition) is 6. The van der Waals surface area contributed by atoms with Crippen LogP contribution in [0.1, 0.15) is 126 Å². The predicted octanol–water partition coefficient (Wildman–Crippen LogP) is 9.32. The number of benzene rings is 1. The summed E-state index contributed by atoms with van der Waals surface area (Å²) >= 11 is 6.14. The minimum absolute atomic E-state index is 0.00152. The first-order valence-corrected chi connectivity index (χ1v) is 21.4. The van der Waals surface area contributed by atoms with E-state index in [1.807, 2.05) is 29.2 Å². The van der Waals surface area contributed by atoms with Gasteiger partial charge in [-0.2, -0.15) is 0 Å². The number of allylic oxidation sites excluding steroid dienone is 2. The van der Waals surface area contributed by atoms with Crippen molar-refractivity contribution in [3.05, 3.63) is 46.0 Å². The van der Waals surface area contributed by atoms with Crippen molar-refractivity contribution in [2.75, 3.05) is 13.2 Å². The predicted molar refractivity (Wildman–Crippen MR) is 212 cm³/mol. The summed E-state index contributed by atoms with van der Waals surface area (Å²) in [4.78, 5) is 54.6. The summed E-state index contributed by atoms with van der Waals surface area (Å²) in [6.07, 6.45) is 7.41. The summed E-state index contributed by atoms with van der Waals surface area (Å²) in [5.74, 6) is -0.0121. The SMILES string of the molecule is CC(C)C1=C2C(CC[C@]3(C)[C@@H]2CC[C@@H]2[C@@]4(C)CC[C@H](OC(=O)CC(C)(C)C(=O)O)C(C)(C)[C@@H]4CC[C@]23C)C(C2CN(Cc3ccc(Cl)cc3)C(=O)CO2)C1=O. The molecule has 6 aliphatic rings. The minimum Gasteiger partial charge on any atom is -0.481 e. The van der Waals surface area contributed by atoms with Crippen LogP contribution in [0.3, 0.4) is 0 Å². The highest BCUT2D eigenvalue weighted by atomic mass is 35.5. The van der Waals surface area contributed by atoms with Crippen LogP contribution >= 0.6 is 11.6 Å². The number of fused-ring (bicyclic) bond motifs is 7. The van der Waals surface area contributed by atoms with Crippen molar-refractivity contribution < 1.29 is 33.8 Å². The van der Waals surface area contributed by atoms with E-state index in [0.717, 1.165) is 62.5 Å². The normalized spacial score (nSPS) is 38.6. The maximum atomic E-state index is 14.7. The van der Waals surface area contributed by atoms with E-state index in [1.54, 1.807) is 13.8 Å². The van der Waals surface area contributed by atoms with Gasteiger partial charge in [0.25, 0.3) is 0 Å². The number of Topliss-reactive ketones (excluding diaryl/α,β-unsaturated/α-hetero) is 1. The molecule has 302 valence electrons. The number of rotatable bonds is 8. The van der Waals surface area contributed by atoms with E-state index in [0.29, 0.717) is 35.9 Å². The molecule has 1 saturated heterocycles. The van der Waals surface area contributed by atoms with E-state index in [9.17, 15) is 24.3 Å². The monoisotopic (exact) mass is 777 g/mol. The van der Waals surface area contributed by atoms with Gasteiger partial charge in [-0.15, -0.1) is 0 Å². The number of morpholine rings is 1. The van der Waals surface area contributed by atoms with Crippen LogP contribution in [-0.2, 0) is 35.2 Å². The van der Waals surface area contributed by atoms with Gasteiger partial charge in [0.1, 0.15) is 12.7 Å². The number of carboxylic acids is 1. The standard InChI is InChI=1S/C46H64ClNO7/c1-26(2)37-38-29(39(40(37)51)31-24-48(35(49)25-54-31)23-27-10-12-28(47)13-11-27)16-20-45(8)30(38)14-15-33-44(7)19-18-34(55-36(50)22-42(3,4)41(52)53)43(5,6)32(44)17-21-46(33,45)9/h10-13,26,29-34,39H,14-25H2,1-9H3,(H,52,53)/t29?,30-,31?,32+,33-,34+,39?,44+,45-,46-/m1/s1. The van der Waals surface area contributed by atoms with Gasteiger partial charge in [-0.25, -0.2) is 0 Å². The van der Waals surface area contributed by atoms with E-state index in [-0.39, 0.29) is 76.3 Å². The lowest BCUT2D eigenvalue weighted by molar-refractivity contribution is -0.232. The molecular formula is C46H64ClNO7. The number of ether oxygens (including phenoxy) is 2. The average molecular weight is 778 g/mol. The molecule has 1 aromatic rings. The average Bonchev–Trinajstić information content (AvgIpc) is 3.40. The van der Waals surface area contributed by atoms with Crippen molar-refractivity contribution in [1.29, 1.82) is 0 Å². The number of aliphatic carboxylic acids is 1. The van der Waals surface area contributed by atoms with Gasteiger partial charge in [0.05, 0.1) is 23.9 Å². The zero-order valence-corrected chi connectivity index (χ0v) is 35.4. The fraction of sp³-hybridized carbons (Fsp3) is 0.739. The number of carbonyl (C=O) groups excluding carboxylic acids is 3. The third kappa shape index (κ3) is 6.42. The Hall–Kier alpha value is -2.71. The van der Waals surface area contributed by atoms with Crippen LogP contribution in [0.4, 0.5) is 0 Å². The zero-order chi connectivity index (χ0) is 40.0. The Morgan fingerprint density at radius 1 is 0.945 bits per heavy atom. The number of hydrogen-bond donors (Lipinski definition) is 1. The molecule has 1 heterocycles. The van der Waals surface area contributed by atoms with Crippen LogP contribution in [0.2, 0.25) is 5.02 Å². The minimum atomic E-state index is -1.17. The molecule has 1 N–H and O–H groups in total. The van der Waals surface area contributed by atoms with Gasteiger partial charge in [-0.05, 0) is 134 Å². The van der Waals surface area contributed by atoms with E-state index >= 15 is 0 Å². The molecule has 55 heavy (non-hydrogen) atoms. The number of carboxylic acid groups (broad SMARTS) is 1. The Labute approximate surface area is 333 Å². The Morgan fingerprint density at radius 2 is 1.62 bits per heavy atom. The van der Waals surface area contributed by atoms with Crippen LogP contribution in [-0.4, -0.2) is 59.0 Å². The van der Waals surface area contributed by atoms with Crippen LogP contribution in [0.5, 0.6) is 0 Å². The number of halogens is 1. The molecule has 0 spiro atoms. The highest BCUT2D eigenvalue weighted by molar-refractivity contribution is 6.30. The lowest BCUT2D eigenvalue weighted by Crippen LogP contribution is -2.65. The molecular weight excluding hydrogens is 714 g/mol. The highest BCUT2D eigenvalue weighted by Gasteiger charge is 2.69. The van der Waals surface area contributed by atoms with Crippen molar-refractivity contribution in [3.63, 3.8) is 0 Å². The number of carbonyl (C=O) groups is 4.